The molecule has 0 saturated heterocycles. The topological polar surface area (TPSA) is 116 Å². The fourth-order valence-corrected chi connectivity index (χ4v) is 2.84. The second-order valence-corrected chi connectivity index (χ2v) is 9.40. The molecule has 12 heteroatoms. The molecular weight excluding hydrogens is 464 g/mol. The average molecular weight is 499 g/mol. The molecule has 8 nitrogen and oxygen atoms in total. The van der Waals surface area contributed by atoms with Gasteiger partial charge in [-0.05, 0) is 20.8 Å². The maximum Gasteiger partial charge on any atom is 0.247 e. The Morgan fingerprint density at radius 1 is 0.700 bits per heavy atom. The zero-order valence-electron chi connectivity index (χ0n) is 18.0. The van der Waals surface area contributed by atoms with Crippen molar-refractivity contribution in [3.63, 3.8) is 0 Å². The molecule has 0 fully saturated rings. The molecule has 0 heterocycles. The highest BCUT2D eigenvalue weighted by atomic mass is 32.1. The van der Waals surface area contributed by atoms with Crippen LogP contribution in [0.1, 0.15) is 34.6 Å². The SMILES string of the molecule is CC(C)C(=O)N[C@](C)(CS)C(=O)N[C@@](C)(CS)C(=O)N[C@@](C)(CS)C(=O)NCCS. The van der Waals surface area contributed by atoms with Gasteiger partial charge in [0.25, 0.3) is 0 Å². The minimum atomic E-state index is -1.46. The van der Waals surface area contributed by atoms with Crippen LogP contribution in [0.2, 0.25) is 0 Å². The minimum Gasteiger partial charge on any atom is -0.353 e. The van der Waals surface area contributed by atoms with Crippen LogP contribution < -0.4 is 21.3 Å². The van der Waals surface area contributed by atoms with Crippen molar-refractivity contribution in [3.05, 3.63) is 0 Å². The predicted molar refractivity (Wildman–Crippen MR) is 133 cm³/mol. The molecule has 174 valence electrons. The average Bonchev–Trinajstić information content (AvgIpc) is 2.70. The third-order valence-corrected chi connectivity index (χ3v) is 6.67. The Kier molecular flexibility index (Phi) is 12.1. The van der Waals surface area contributed by atoms with Gasteiger partial charge in [0.1, 0.15) is 16.6 Å². The summed E-state index contributed by atoms with van der Waals surface area (Å²) in [7, 11) is 0. The van der Waals surface area contributed by atoms with E-state index in [4.69, 9.17) is 0 Å². The van der Waals surface area contributed by atoms with E-state index >= 15 is 0 Å². The van der Waals surface area contributed by atoms with E-state index in [0.29, 0.717) is 12.3 Å². The van der Waals surface area contributed by atoms with Crippen LogP contribution in [0.5, 0.6) is 0 Å². The van der Waals surface area contributed by atoms with Crippen molar-refractivity contribution < 1.29 is 19.2 Å². The molecular formula is C18H34N4O4S4. The molecule has 0 aromatic carbocycles. The monoisotopic (exact) mass is 498 g/mol. The van der Waals surface area contributed by atoms with Crippen molar-refractivity contribution in [1.82, 2.24) is 21.3 Å². The Hall–Kier alpha value is -0.720. The lowest BCUT2D eigenvalue weighted by molar-refractivity contribution is -0.139. The van der Waals surface area contributed by atoms with Gasteiger partial charge >= 0.3 is 0 Å². The second kappa shape index (κ2) is 12.4. The lowest BCUT2D eigenvalue weighted by atomic mass is 9.95. The molecule has 0 aliphatic carbocycles. The van der Waals surface area contributed by atoms with Gasteiger partial charge in [-0.15, -0.1) is 0 Å². The number of carbonyl (C=O) groups excluding carboxylic acids is 4. The molecule has 0 bridgehead atoms. The summed E-state index contributed by atoms with van der Waals surface area (Å²) in [5, 5.41) is 10.6. The summed E-state index contributed by atoms with van der Waals surface area (Å²) < 4.78 is 0. The van der Waals surface area contributed by atoms with Gasteiger partial charge in [0, 0.05) is 35.5 Å². The molecule has 0 aromatic heterocycles. The Labute approximate surface area is 200 Å². The van der Waals surface area contributed by atoms with E-state index in [2.05, 4.69) is 71.8 Å². The number of thiol groups is 4. The van der Waals surface area contributed by atoms with Gasteiger partial charge in [-0.3, -0.25) is 19.2 Å². The van der Waals surface area contributed by atoms with E-state index in [9.17, 15) is 19.2 Å². The summed E-state index contributed by atoms with van der Waals surface area (Å²) in [5.74, 6) is -1.83. The molecule has 0 aliphatic rings. The van der Waals surface area contributed by atoms with Gasteiger partial charge in [-0.25, -0.2) is 0 Å². The number of hydrogen-bond acceptors (Lipinski definition) is 8. The van der Waals surface area contributed by atoms with Crippen molar-refractivity contribution in [2.75, 3.05) is 29.6 Å². The Balaban J connectivity index is 5.55. The molecule has 0 spiro atoms. The quantitative estimate of drug-likeness (QED) is 0.182. The van der Waals surface area contributed by atoms with Crippen LogP contribution in [0.15, 0.2) is 0 Å². The van der Waals surface area contributed by atoms with E-state index in [1.54, 1.807) is 13.8 Å². The third kappa shape index (κ3) is 7.76. The number of nitrogens with one attached hydrogen (secondary N) is 4. The number of amides is 4. The zero-order chi connectivity index (χ0) is 23.8. The molecule has 30 heavy (non-hydrogen) atoms. The molecule has 0 saturated carbocycles. The molecule has 3 atom stereocenters. The number of carbonyl (C=O) groups is 4. The molecule has 0 unspecified atom stereocenters. The first kappa shape index (κ1) is 29.3. The first-order valence-electron chi connectivity index (χ1n) is 9.44. The van der Waals surface area contributed by atoms with Crippen LogP contribution in [0.25, 0.3) is 0 Å². The number of rotatable bonds is 12. The summed E-state index contributed by atoms with van der Waals surface area (Å²) in [6, 6.07) is 0. The summed E-state index contributed by atoms with van der Waals surface area (Å²) >= 11 is 16.6. The maximum atomic E-state index is 13.0. The van der Waals surface area contributed by atoms with Crippen molar-refractivity contribution in [2.24, 2.45) is 5.92 Å². The van der Waals surface area contributed by atoms with Crippen molar-refractivity contribution in [2.45, 2.75) is 51.2 Å². The van der Waals surface area contributed by atoms with Crippen LogP contribution in [0.4, 0.5) is 0 Å². The van der Waals surface area contributed by atoms with Crippen molar-refractivity contribution in [3.8, 4) is 0 Å². The maximum absolute atomic E-state index is 13.0. The van der Waals surface area contributed by atoms with Crippen LogP contribution in [0.3, 0.4) is 0 Å². The van der Waals surface area contributed by atoms with Crippen LogP contribution in [-0.2, 0) is 19.2 Å². The minimum absolute atomic E-state index is 0.0159. The van der Waals surface area contributed by atoms with E-state index in [1.807, 2.05) is 0 Å². The standard InChI is InChI=1S/C18H34N4O4S4/c1-11(2)12(23)20-17(4,9-29)14(25)22-18(5,10-30)15(26)21-16(3,8-28)13(24)19-6-7-27/h11,27-30H,6-10H2,1-5H3,(H,19,24)(H,20,23)(H,21,26)(H,22,25)/t16-,17+,18-/m0/s1. The molecule has 0 aromatic rings. The normalized spacial score (nSPS) is 17.1. The first-order chi connectivity index (χ1) is 13.7. The van der Waals surface area contributed by atoms with Gasteiger partial charge in [0.2, 0.25) is 23.6 Å². The lowest BCUT2D eigenvalue weighted by Gasteiger charge is -2.37. The first-order valence-corrected chi connectivity index (χ1v) is 12.0. The van der Waals surface area contributed by atoms with Gasteiger partial charge < -0.3 is 21.3 Å². The van der Waals surface area contributed by atoms with Gasteiger partial charge in [-0.2, -0.15) is 50.5 Å². The molecule has 0 aliphatic heterocycles. The molecule has 0 rings (SSSR count). The van der Waals surface area contributed by atoms with E-state index in [1.165, 1.54) is 20.8 Å². The van der Waals surface area contributed by atoms with Gasteiger partial charge in [0.15, 0.2) is 0 Å². The largest absolute Gasteiger partial charge is 0.353 e. The number of hydrogen-bond donors (Lipinski definition) is 8. The fourth-order valence-electron chi connectivity index (χ4n) is 2.06. The summed E-state index contributed by atoms with van der Waals surface area (Å²) in [6.07, 6.45) is 0. The lowest BCUT2D eigenvalue weighted by Crippen LogP contribution is -2.69. The zero-order valence-corrected chi connectivity index (χ0v) is 21.6. The predicted octanol–water partition coefficient (Wildman–Crippen LogP) is 0.103. The highest BCUT2D eigenvalue weighted by molar-refractivity contribution is 7.80. The summed E-state index contributed by atoms with van der Waals surface area (Å²) in [6.45, 7) is 8.28. The second-order valence-electron chi connectivity index (χ2n) is 8.00. The van der Waals surface area contributed by atoms with Crippen molar-refractivity contribution in [1.29, 1.82) is 0 Å². The third-order valence-electron chi connectivity index (χ3n) is 4.55. The van der Waals surface area contributed by atoms with Gasteiger partial charge in [0.05, 0.1) is 0 Å². The van der Waals surface area contributed by atoms with Crippen molar-refractivity contribution >= 4 is 74.1 Å². The highest BCUT2D eigenvalue weighted by Gasteiger charge is 2.44. The van der Waals surface area contributed by atoms with E-state index in [0.717, 1.165) is 0 Å². The highest BCUT2D eigenvalue weighted by Crippen LogP contribution is 2.16. The molecule has 4 N–H and O–H groups in total. The molecule has 4 amide bonds. The molecule has 0 radical (unpaired) electrons. The summed E-state index contributed by atoms with van der Waals surface area (Å²) in [5.41, 5.74) is -4.11. The van der Waals surface area contributed by atoms with Crippen LogP contribution in [-0.4, -0.2) is 69.8 Å². The Morgan fingerprint density at radius 2 is 1.07 bits per heavy atom. The van der Waals surface area contributed by atoms with Crippen LogP contribution >= 0.6 is 50.5 Å². The Bertz CT molecular complexity index is 652. The fraction of sp³-hybridized carbons (Fsp3) is 0.778. The van der Waals surface area contributed by atoms with Crippen LogP contribution in [0, 0.1) is 5.92 Å². The van der Waals surface area contributed by atoms with E-state index < -0.39 is 34.3 Å². The summed E-state index contributed by atoms with van der Waals surface area (Å²) in [4.78, 5) is 50.5. The van der Waals surface area contributed by atoms with E-state index in [-0.39, 0.29) is 29.1 Å². The smallest absolute Gasteiger partial charge is 0.247 e. The Morgan fingerprint density at radius 3 is 1.40 bits per heavy atom. The van der Waals surface area contributed by atoms with Gasteiger partial charge in [-0.1, -0.05) is 13.8 Å².